The lowest BCUT2D eigenvalue weighted by atomic mass is 9.86. The Balaban J connectivity index is 3.33. The Morgan fingerprint density at radius 1 is 1.40 bits per heavy atom. The largest absolute Gasteiger partial charge is 0.464 e. The van der Waals surface area contributed by atoms with E-state index in [0.717, 1.165) is 5.56 Å². The minimum absolute atomic E-state index is 0.166. The first-order valence-corrected chi connectivity index (χ1v) is 4.99. The van der Waals surface area contributed by atoms with Crippen molar-refractivity contribution in [1.82, 2.24) is 4.98 Å². The maximum Gasteiger partial charge on any atom is 0.357 e. The van der Waals surface area contributed by atoms with Gasteiger partial charge in [-0.1, -0.05) is 38.4 Å². The summed E-state index contributed by atoms with van der Waals surface area (Å²) in [6.45, 7) is 6.01. The number of aromatic nitrogens is 1. The van der Waals surface area contributed by atoms with Gasteiger partial charge in [0.1, 0.15) is 5.15 Å². The van der Waals surface area contributed by atoms with Gasteiger partial charge in [0.15, 0.2) is 5.69 Å². The molecule has 4 heteroatoms. The van der Waals surface area contributed by atoms with Gasteiger partial charge in [-0.15, -0.1) is 0 Å². The van der Waals surface area contributed by atoms with Crippen LogP contribution in [-0.4, -0.2) is 18.1 Å². The van der Waals surface area contributed by atoms with Gasteiger partial charge >= 0.3 is 5.97 Å². The molecule has 1 aromatic heterocycles. The molecule has 1 aromatic rings. The van der Waals surface area contributed by atoms with Gasteiger partial charge < -0.3 is 4.74 Å². The number of hydrogen-bond acceptors (Lipinski definition) is 3. The van der Waals surface area contributed by atoms with Crippen molar-refractivity contribution in [3.8, 4) is 0 Å². The fraction of sp³-hybridized carbons (Fsp3) is 0.455. The average Bonchev–Trinajstić information content (AvgIpc) is 2.14. The molecule has 0 bridgehead atoms. The number of halogens is 1. The number of pyridine rings is 1. The van der Waals surface area contributed by atoms with Crippen LogP contribution in [0, 0.1) is 0 Å². The third-order valence-electron chi connectivity index (χ3n) is 2.05. The minimum Gasteiger partial charge on any atom is -0.464 e. The van der Waals surface area contributed by atoms with Crippen molar-refractivity contribution in [2.75, 3.05) is 7.11 Å². The van der Waals surface area contributed by atoms with E-state index in [1.165, 1.54) is 7.11 Å². The van der Waals surface area contributed by atoms with E-state index in [0.29, 0.717) is 5.15 Å². The smallest absolute Gasteiger partial charge is 0.357 e. The Hall–Kier alpha value is -1.09. The lowest BCUT2D eigenvalue weighted by Gasteiger charge is -2.21. The minimum atomic E-state index is -0.456. The number of esters is 1. The second-order valence-corrected chi connectivity index (χ2v) is 4.66. The number of hydrogen-bond donors (Lipinski definition) is 0. The molecule has 0 saturated heterocycles. The van der Waals surface area contributed by atoms with Gasteiger partial charge in [0.2, 0.25) is 0 Å². The Labute approximate surface area is 94.4 Å². The van der Waals surface area contributed by atoms with Gasteiger partial charge in [-0.25, -0.2) is 9.78 Å². The first-order valence-electron chi connectivity index (χ1n) is 4.61. The van der Waals surface area contributed by atoms with E-state index in [1.807, 2.05) is 26.8 Å². The van der Waals surface area contributed by atoms with Crippen LogP contribution in [0.15, 0.2) is 12.1 Å². The molecule has 0 atom stereocenters. The highest BCUT2D eigenvalue weighted by Crippen LogP contribution is 2.26. The number of carbonyl (C=O) groups excluding carboxylic acids is 1. The predicted octanol–water partition coefficient (Wildman–Crippen LogP) is 2.82. The summed E-state index contributed by atoms with van der Waals surface area (Å²) in [6.07, 6.45) is 0. The van der Waals surface area contributed by atoms with Gasteiger partial charge in [-0.3, -0.25) is 0 Å². The summed E-state index contributed by atoms with van der Waals surface area (Å²) < 4.78 is 4.67. The predicted molar refractivity (Wildman–Crippen MR) is 59.3 cm³/mol. The molecule has 0 aliphatic carbocycles. The molecule has 82 valence electrons. The van der Waals surface area contributed by atoms with Crippen molar-refractivity contribution in [2.45, 2.75) is 26.2 Å². The second kappa shape index (κ2) is 4.19. The highest BCUT2D eigenvalue weighted by molar-refractivity contribution is 6.29. The fourth-order valence-corrected chi connectivity index (χ4v) is 1.44. The van der Waals surface area contributed by atoms with Crippen molar-refractivity contribution in [3.63, 3.8) is 0 Å². The summed E-state index contributed by atoms with van der Waals surface area (Å²) in [7, 11) is 1.33. The van der Waals surface area contributed by atoms with Crippen LogP contribution in [0.1, 0.15) is 36.8 Å². The molecule has 0 amide bonds. The molecule has 0 radical (unpaired) electrons. The van der Waals surface area contributed by atoms with E-state index < -0.39 is 5.97 Å². The second-order valence-electron chi connectivity index (χ2n) is 4.27. The zero-order valence-electron chi connectivity index (χ0n) is 9.30. The van der Waals surface area contributed by atoms with Crippen LogP contribution in [0.5, 0.6) is 0 Å². The topological polar surface area (TPSA) is 39.2 Å². The Morgan fingerprint density at radius 2 is 2.00 bits per heavy atom. The fourth-order valence-electron chi connectivity index (χ4n) is 1.29. The first kappa shape index (κ1) is 12.0. The monoisotopic (exact) mass is 227 g/mol. The van der Waals surface area contributed by atoms with E-state index in [2.05, 4.69) is 9.72 Å². The molecule has 0 unspecified atom stereocenters. The van der Waals surface area contributed by atoms with E-state index in [4.69, 9.17) is 11.6 Å². The van der Waals surface area contributed by atoms with Crippen molar-refractivity contribution in [2.24, 2.45) is 0 Å². The molecular formula is C11H14ClNO2. The molecule has 0 fully saturated rings. The highest BCUT2D eigenvalue weighted by atomic mass is 35.5. The number of rotatable bonds is 1. The van der Waals surface area contributed by atoms with Crippen LogP contribution in [0.3, 0.4) is 0 Å². The Bertz CT molecular complexity index is 383. The summed E-state index contributed by atoms with van der Waals surface area (Å²) >= 11 is 5.75. The van der Waals surface area contributed by atoms with Crippen molar-refractivity contribution < 1.29 is 9.53 Å². The number of methoxy groups -OCH3 is 1. The molecular weight excluding hydrogens is 214 g/mol. The lowest BCUT2D eigenvalue weighted by Crippen LogP contribution is -2.19. The van der Waals surface area contributed by atoms with Crippen LogP contribution in [-0.2, 0) is 10.2 Å². The average molecular weight is 228 g/mol. The SMILES string of the molecule is COC(=O)c1nc(Cl)ccc1C(C)(C)C. The van der Waals surface area contributed by atoms with E-state index in [9.17, 15) is 4.79 Å². The van der Waals surface area contributed by atoms with Gasteiger partial charge in [0.25, 0.3) is 0 Å². The number of carbonyl (C=O) groups is 1. The van der Waals surface area contributed by atoms with Crippen LogP contribution < -0.4 is 0 Å². The summed E-state index contributed by atoms with van der Waals surface area (Å²) in [5, 5.41) is 0.295. The van der Waals surface area contributed by atoms with Crippen LogP contribution >= 0.6 is 11.6 Å². The molecule has 15 heavy (non-hydrogen) atoms. The Kier molecular flexibility index (Phi) is 3.35. The van der Waals surface area contributed by atoms with E-state index in [-0.39, 0.29) is 11.1 Å². The van der Waals surface area contributed by atoms with Crippen molar-refractivity contribution in [3.05, 3.63) is 28.5 Å². The van der Waals surface area contributed by atoms with E-state index >= 15 is 0 Å². The zero-order valence-corrected chi connectivity index (χ0v) is 10.1. The summed E-state index contributed by atoms with van der Waals surface area (Å²) in [5.41, 5.74) is 0.956. The van der Waals surface area contributed by atoms with Gasteiger partial charge in [-0.2, -0.15) is 0 Å². The summed E-state index contributed by atoms with van der Waals surface area (Å²) in [4.78, 5) is 15.5. The molecule has 0 aliphatic rings. The van der Waals surface area contributed by atoms with E-state index in [1.54, 1.807) is 6.07 Å². The molecule has 3 nitrogen and oxygen atoms in total. The molecule has 1 heterocycles. The number of nitrogens with zero attached hydrogens (tertiary/aromatic N) is 1. The lowest BCUT2D eigenvalue weighted by molar-refractivity contribution is 0.0591. The van der Waals surface area contributed by atoms with Crippen molar-refractivity contribution in [1.29, 1.82) is 0 Å². The van der Waals surface area contributed by atoms with Crippen molar-refractivity contribution >= 4 is 17.6 Å². The van der Waals surface area contributed by atoms with Gasteiger partial charge in [-0.05, 0) is 17.0 Å². The maximum absolute atomic E-state index is 11.5. The molecule has 0 saturated carbocycles. The normalized spacial score (nSPS) is 11.3. The third kappa shape index (κ3) is 2.69. The molecule has 0 N–H and O–H groups in total. The molecule has 0 aliphatic heterocycles. The standard InChI is InChI=1S/C11H14ClNO2/c1-11(2,3)7-5-6-8(12)13-9(7)10(14)15-4/h5-6H,1-4H3. The molecule has 1 rings (SSSR count). The van der Waals surface area contributed by atoms with Gasteiger partial charge in [0, 0.05) is 0 Å². The summed E-state index contributed by atoms with van der Waals surface area (Å²) in [6, 6.07) is 3.48. The first-order chi connectivity index (χ1) is 6.86. The highest BCUT2D eigenvalue weighted by Gasteiger charge is 2.23. The summed E-state index contributed by atoms with van der Waals surface area (Å²) in [5.74, 6) is -0.456. The Morgan fingerprint density at radius 3 is 2.47 bits per heavy atom. The molecule has 0 aromatic carbocycles. The molecule has 0 spiro atoms. The zero-order chi connectivity index (χ0) is 11.6. The van der Waals surface area contributed by atoms with Crippen LogP contribution in [0.25, 0.3) is 0 Å². The maximum atomic E-state index is 11.5. The quantitative estimate of drug-likeness (QED) is 0.547. The number of ether oxygens (including phenoxy) is 1. The third-order valence-corrected chi connectivity index (χ3v) is 2.26. The van der Waals surface area contributed by atoms with Crippen LogP contribution in [0.4, 0.5) is 0 Å². The van der Waals surface area contributed by atoms with Gasteiger partial charge in [0.05, 0.1) is 7.11 Å². The van der Waals surface area contributed by atoms with Crippen LogP contribution in [0.2, 0.25) is 5.15 Å².